The second-order valence-electron chi connectivity index (χ2n) is 4.86. The SMILES string of the molecule is Cc1cccc(C(=O)Nc2c(C)ccc(N)c2C)c1F. The van der Waals surface area contributed by atoms with Gasteiger partial charge in [0, 0.05) is 11.4 Å². The van der Waals surface area contributed by atoms with Crippen LogP contribution in [0.25, 0.3) is 0 Å². The smallest absolute Gasteiger partial charge is 0.258 e. The fraction of sp³-hybridized carbons (Fsp3) is 0.188. The molecule has 0 bridgehead atoms. The molecule has 2 aromatic rings. The lowest BCUT2D eigenvalue weighted by atomic mass is 10.1. The Bertz CT molecular complexity index is 680. The predicted molar refractivity (Wildman–Crippen MR) is 79.4 cm³/mol. The Kier molecular flexibility index (Phi) is 3.74. The lowest BCUT2D eigenvalue weighted by Crippen LogP contribution is -2.16. The lowest BCUT2D eigenvalue weighted by molar-refractivity contribution is 0.102. The molecule has 0 aliphatic rings. The van der Waals surface area contributed by atoms with E-state index in [9.17, 15) is 9.18 Å². The first kappa shape index (κ1) is 14.1. The van der Waals surface area contributed by atoms with Gasteiger partial charge in [-0.05, 0) is 49.6 Å². The zero-order valence-corrected chi connectivity index (χ0v) is 11.8. The quantitative estimate of drug-likeness (QED) is 0.821. The van der Waals surface area contributed by atoms with E-state index >= 15 is 0 Å². The number of halogens is 1. The molecule has 4 heteroatoms. The number of benzene rings is 2. The Morgan fingerprint density at radius 2 is 1.80 bits per heavy atom. The molecule has 20 heavy (non-hydrogen) atoms. The van der Waals surface area contributed by atoms with Crippen molar-refractivity contribution in [3.63, 3.8) is 0 Å². The van der Waals surface area contributed by atoms with Crippen LogP contribution in [0.1, 0.15) is 27.0 Å². The van der Waals surface area contributed by atoms with E-state index in [-0.39, 0.29) is 5.56 Å². The summed E-state index contributed by atoms with van der Waals surface area (Å²) in [5.74, 6) is -0.966. The van der Waals surface area contributed by atoms with Crippen LogP contribution in [-0.2, 0) is 0 Å². The third kappa shape index (κ3) is 2.50. The van der Waals surface area contributed by atoms with Crippen molar-refractivity contribution in [1.29, 1.82) is 0 Å². The van der Waals surface area contributed by atoms with Gasteiger partial charge < -0.3 is 11.1 Å². The van der Waals surface area contributed by atoms with Gasteiger partial charge in [0.15, 0.2) is 0 Å². The molecule has 0 heterocycles. The topological polar surface area (TPSA) is 55.1 Å². The van der Waals surface area contributed by atoms with E-state index in [4.69, 9.17) is 5.73 Å². The van der Waals surface area contributed by atoms with Crippen LogP contribution in [0.3, 0.4) is 0 Å². The summed E-state index contributed by atoms with van der Waals surface area (Å²) in [4.78, 5) is 12.2. The van der Waals surface area contributed by atoms with Crippen molar-refractivity contribution in [2.75, 3.05) is 11.1 Å². The Morgan fingerprint density at radius 3 is 2.50 bits per heavy atom. The molecule has 0 saturated heterocycles. The van der Waals surface area contributed by atoms with Crippen molar-refractivity contribution >= 4 is 17.3 Å². The number of amides is 1. The minimum Gasteiger partial charge on any atom is -0.398 e. The van der Waals surface area contributed by atoms with Crippen molar-refractivity contribution in [1.82, 2.24) is 0 Å². The number of nitrogens with one attached hydrogen (secondary N) is 1. The van der Waals surface area contributed by atoms with Crippen LogP contribution < -0.4 is 11.1 Å². The van der Waals surface area contributed by atoms with Gasteiger partial charge in [-0.3, -0.25) is 4.79 Å². The molecule has 1 amide bonds. The first-order valence-corrected chi connectivity index (χ1v) is 6.34. The maximum absolute atomic E-state index is 13.9. The number of hydrogen-bond acceptors (Lipinski definition) is 2. The van der Waals surface area contributed by atoms with Gasteiger partial charge in [0.1, 0.15) is 5.82 Å². The van der Waals surface area contributed by atoms with Crippen LogP contribution in [0.15, 0.2) is 30.3 Å². The lowest BCUT2D eigenvalue weighted by Gasteiger charge is -2.14. The van der Waals surface area contributed by atoms with Gasteiger partial charge in [0.05, 0.1) is 5.56 Å². The van der Waals surface area contributed by atoms with Gasteiger partial charge >= 0.3 is 0 Å². The zero-order valence-electron chi connectivity index (χ0n) is 11.8. The van der Waals surface area contributed by atoms with Gasteiger partial charge in [-0.1, -0.05) is 18.2 Å². The van der Waals surface area contributed by atoms with Gasteiger partial charge in [0.25, 0.3) is 5.91 Å². The summed E-state index contributed by atoms with van der Waals surface area (Å²) in [7, 11) is 0. The van der Waals surface area contributed by atoms with E-state index < -0.39 is 11.7 Å². The molecular weight excluding hydrogens is 255 g/mol. The minimum absolute atomic E-state index is 0.0335. The number of hydrogen-bond donors (Lipinski definition) is 2. The normalized spacial score (nSPS) is 10.4. The van der Waals surface area contributed by atoms with E-state index in [1.165, 1.54) is 6.07 Å². The molecule has 0 unspecified atom stereocenters. The third-order valence-electron chi connectivity index (χ3n) is 3.39. The highest BCUT2D eigenvalue weighted by Crippen LogP contribution is 2.26. The first-order valence-electron chi connectivity index (χ1n) is 6.34. The van der Waals surface area contributed by atoms with E-state index in [1.54, 1.807) is 25.1 Å². The van der Waals surface area contributed by atoms with Crippen molar-refractivity contribution < 1.29 is 9.18 Å². The number of nitrogen functional groups attached to an aromatic ring is 1. The minimum atomic E-state index is -0.496. The van der Waals surface area contributed by atoms with E-state index in [0.717, 1.165) is 11.1 Å². The first-order chi connectivity index (χ1) is 9.41. The van der Waals surface area contributed by atoms with Crippen LogP contribution in [-0.4, -0.2) is 5.91 Å². The molecule has 0 fully saturated rings. The third-order valence-corrected chi connectivity index (χ3v) is 3.39. The Hall–Kier alpha value is -2.36. The van der Waals surface area contributed by atoms with Crippen LogP contribution in [0.5, 0.6) is 0 Å². The van der Waals surface area contributed by atoms with Crippen LogP contribution in [0.2, 0.25) is 0 Å². The van der Waals surface area contributed by atoms with Crippen LogP contribution >= 0.6 is 0 Å². The molecule has 0 radical (unpaired) electrons. The summed E-state index contributed by atoms with van der Waals surface area (Å²) >= 11 is 0. The summed E-state index contributed by atoms with van der Waals surface area (Å²) < 4.78 is 13.9. The van der Waals surface area contributed by atoms with Gasteiger partial charge in [-0.25, -0.2) is 4.39 Å². The molecule has 2 rings (SSSR count). The second-order valence-corrected chi connectivity index (χ2v) is 4.86. The highest BCUT2D eigenvalue weighted by Gasteiger charge is 2.15. The largest absolute Gasteiger partial charge is 0.398 e. The van der Waals surface area contributed by atoms with E-state index in [0.29, 0.717) is 16.9 Å². The standard InChI is InChI=1S/C16H17FN2O/c1-9-5-4-6-12(14(9)17)16(20)19-15-10(2)7-8-13(18)11(15)3/h4-8H,18H2,1-3H3,(H,19,20). The second kappa shape index (κ2) is 5.33. The monoisotopic (exact) mass is 272 g/mol. The number of anilines is 2. The number of nitrogens with two attached hydrogens (primary N) is 1. The summed E-state index contributed by atoms with van der Waals surface area (Å²) in [6.45, 7) is 5.32. The van der Waals surface area contributed by atoms with E-state index in [1.807, 2.05) is 19.9 Å². The van der Waals surface area contributed by atoms with Crippen molar-refractivity contribution in [3.8, 4) is 0 Å². The molecule has 0 spiro atoms. The molecule has 0 saturated carbocycles. The highest BCUT2D eigenvalue weighted by atomic mass is 19.1. The molecular formula is C16H17FN2O. The molecule has 0 aliphatic carbocycles. The Balaban J connectivity index is 2.38. The fourth-order valence-electron chi connectivity index (χ4n) is 2.06. The average molecular weight is 272 g/mol. The van der Waals surface area contributed by atoms with Crippen LogP contribution in [0.4, 0.5) is 15.8 Å². The average Bonchev–Trinajstić information content (AvgIpc) is 2.42. The molecule has 0 atom stereocenters. The van der Waals surface area contributed by atoms with Crippen LogP contribution in [0, 0.1) is 26.6 Å². The van der Waals surface area contributed by atoms with Crippen molar-refractivity contribution in [2.45, 2.75) is 20.8 Å². The Labute approximate surface area is 117 Å². The summed E-state index contributed by atoms with van der Waals surface area (Å²) in [5, 5.41) is 2.74. The summed E-state index contributed by atoms with van der Waals surface area (Å²) in [6, 6.07) is 8.36. The number of carbonyl (C=O) groups is 1. The maximum atomic E-state index is 13.9. The molecule has 0 aliphatic heterocycles. The summed E-state index contributed by atoms with van der Waals surface area (Å²) in [5.41, 5.74) is 9.21. The Morgan fingerprint density at radius 1 is 1.10 bits per heavy atom. The highest BCUT2D eigenvalue weighted by molar-refractivity contribution is 6.05. The van der Waals surface area contributed by atoms with Gasteiger partial charge in [-0.15, -0.1) is 0 Å². The predicted octanol–water partition coefficient (Wildman–Crippen LogP) is 3.59. The van der Waals surface area contributed by atoms with E-state index in [2.05, 4.69) is 5.32 Å². The van der Waals surface area contributed by atoms with Crippen molar-refractivity contribution in [2.24, 2.45) is 0 Å². The van der Waals surface area contributed by atoms with Gasteiger partial charge in [-0.2, -0.15) is 0 Å². The number of carbonyl (C=O) groups excluding carboxylic acids is 1. The fourth-order valence-corrected chi connectivity index (χ4v) is 2.06. The number of aryl methyl sites for hydroxylation is 2. The molecule has 3 nitrogen and oxygen atoms in total. The molecule has 0 aromatic heterocycles. The summed E-state index contributed by atoms with van der Waals surface area (Å²) in [6.07, 6.45) is 0. The van der Waals surface area contributed by atoms with Gasteiger partial charge in [0.2, 0.25) is 0 Å². The molecule has 2 aromatic carbocycles. The molecule has 104 valence electrons. The maximum Gasteiger partial charge on any atom is 0.258 e. The molecule has 3 N–H and O–H groups in total. The zero-order chi connectivity index (χ0) is 14.9. The van der Waals surface area contributed by atoms with Crippen molar-refractivity contribution in [3.05, 3.63) is 58.4 Å². The number of rotatable bonds is 2.